The standard InChI is InChI=1S/C20H26N6O/c1-4-21-18-12-19(25-14(2)24-18)22-9-10-23-20(27)11-15-13-26(3)17-8-6-5-7-16(15)17/h5-8,12-13H,4,9-11H2,1-3H3,(H,23,27)(H2,21,22,24,25). The van der Waals surface area contributed by atoms with Gasteiger partial charge in [-0.3, -0.25) is 4.79 Å². The zero-order chi connectivity index (χ0) is 19.2. The van der Waals surface area contributed by atoms with E-state index in [9.17, 15) is 4.79 Å². The highest BCUT2D eigenvalue weighted by Crippen LogP contribution is 2.20. The maximum Gasteiger partial charge on any atom is 0.224 e. The molecule has 2 heterocycles. The third-order valence-electron chi connectivity index (χ3n) is 4.28. The number of para-hydroxylation sites is 1. The molecule has 1 aromatic carbocycles. The third-order valence-corrected chi connectivity index (χ3v) is 4.28. The number of nitrogens with zero attached hydrogens (tertiary/aromatic N) is 3. The second kappa shape index (κ2) is 8.53. The van der Waals surface area contributed by atoms with Crippen LogP contribution < -0.4 is 16.0 Å². The molecule has 0 atom stereocenters. The summed E-state index contributed by atoms with van der Waals surface area (Å²) in [4.78, 5) is 21.0. The Labute approximate surface area is 159 Å². The van der Waals surface area contributed by atoms with E-state index in [0.29, 0.717) is 25.3 Å². The first-order chi connectivity index (χ1) is 13.1. The lowest BCUT2D eigenvalue weighted by Gasteiger charge is -2.10. The van der Waals surface area contributed by atoms with Crippen LogP contribution in [-0.2, 0) is 18.3 Å². The Morgan fingerprint density at radius 2 is 1.85 bits per heavy atom. The van der Waals surface area contributed by atoms with Crippen LogP contribution in [0.25, 0.3) is 10.9 Å². The summed E-state index contributed by atoms with van der Waals surface area (Å²) in [5.74, 6) is 2.27. The van der Waals surface area contributed by atoms with Gasteiger partial charge < -0.3 is 20.5 Å². The lowest BCUT2D eigenvalue weighted by Crippen LogP contribution is -2.30. The van der Waals surface area contributed by atoms with Gasteiger partial charge in [0.15, 0.2) is 0 Å². The first-order valence-electron chi connectivity index (χ1n) is 9.20. The number of amides is 1. The maximum atomic E-state index is 12.3. The van der Waals surface area contributed by atoms with Crippen molar-refractivity contribution >= 4 is 28.4 Å². The number of carbonyl (C=O) groups excluding carboxylic acids is 1. The second-order valence-corrected chi connectivity index (χ2v) is 6.45. The monoisotopic (exact) mass is 366 g/mol. The summed E-state index contributed by atoms with van der Waals surface area (Å²) in [6, 6.07) is 9.99. The maximum absolute atomic E-state index is 12.3. The molecule has 7 heteroatoms. The Bertz CT molecular complexity index is 933. The number of aromatic nitrogens is 3. The molecule has 0 saturated heterocycles. The van der Waals surface area contributed by atoms with Crippen LogP contribution in [0.2, 0.25) is 0 Å². The Hall–Kier alpha value is -3.09. The summed E-state index contributed by atoms with van der Waals surface area (Å²) in [6.45, 7) is 5.82. The molecule has 1 amide bonds. The van der Waals surface area contributed by atoms with E-state index in [4.69, 9.17) is 0 Å². The summed E-state index contributed by atoms with van der Waals surface area (Å²) in [5.41, 5.74) is 2.18. The number of rotatable bonds is 8. The van der Waals surface area contributed by atoms with Crippen molar-refractivity contribution in [3.8, 4) is 0 Å². The van der Waals surface area contributed by atoms with E-state index in [1.54, 1.807) is 0 Å². The van der Waals surface area contributed by atoms with Crippen LogP contribution in [0.4, 0.5) is 11.6 Å². The predicted octanol–water partition coefficient (Wildman–Crippen LogP) is 2.48. The van der Waals surface area contributed by atoms with Gasteiger partial charge in [0.25, 0.3) is 0 Å². The zero-order valence-electron chi connectivity index (χ0n) is 16.0. The molecule has 0 spiro atoms. The largest absolute Gasteiger partial charge is 0.370 e. The van der Waals surface area contributed by atoms with E-state index >= 15 is 0 Å². The molecule has 3 N–H and O–H groups in total. The average molecular weight is 366 g/mol. The van der Waals surface area contributed by atoms with Gasteiger partial charge in [0.1, 0.15) is 17.5 Å². The number of fused-ring (bicyclic) bond motifs is 1. The SMILES string of the molecule is CCNc1cc(NCCNC(=O)Cc2cn(C)c3ccccc23)nc(C)n1. The van der Waals surface area contributed by atoms with E-state index in [0.717, 1.165) is 34.6 Å². The van der Waals surface area contributed by atoms with Gasteiger partial charge in [-0.05, 0) is 25.5 Å². The summed E-state index contributed by atoms with van der Waals surface area (Å²) < 4.78 is 2.05. The van der Waals surface area contributed by atoms with E-state index in [-0.39, 0.29) is 5.91 Å². The number of hydrogen-bond acceptors (Lipinski definition) is 5. The van der Waals surface area contributed by atoms with Crippen molar-refractivity contribution in [2.45, 2.75) is 20.3 Å². The number of carbonyl (C=O) groups is 1. The van der Waals surface area contributed by atoms with Crippen molar-refractivity contribution in [1.29, 1.82) is 0 Å². The van der Waals surface area contributed by atoms with Crippen molar-refractivity contribution in [2.75, 3.05) is 30.3 Å². The van der Waals surface area contributed by atoms with Crippen molar-refractivity contribution in [2.24, 2.45) is 7.05 Å². The number of benzene rings is 1. The fraction of sp³-hybridized carbons (Fsp3) is 0.350. The van der Waals surface area contributed by atoms with Crippen LogP contribution in [0.3, 0.4) is 0 Å². The minimum atomic E-state index is 0.0142. The lowest BCUT2D eigenvalue weighted by atomic mass is 10.1. The molecule has 3 rings (SSSR count). The molecular formula is C20H26N6O. The highest BCUT2D eigenvalue weighted by atomic mass is 16.1. The molecule has 2 aromatic heterocycles. The molecule has 0 unspecified atom stereocenters. The van der Waals surface area contributed by atoms with Crippen LogP contribution in [0.5, 0.6) is 0 Å². The lowest BCUT2D eigenvalue weighted by molar-refractivity contribution is -0.120. The minimum absolute atomic E-state index is 0.0142. The van der Waals surface area contributed by atoms with Crippen LogP contribution in [0.1, 0.15) is 18.3 Å². The summed E-state index contributed by atoms with van der Waals surface area (Å²) >= 11 is 0. The van der Waals surface area contributed by atoms with Crippen LogP contribution in [-0.4, -0.2) is 40.1 Å². The minimum Gasteiger partial charge on any atom is -0.370 e. The predicted molar refractivity (Wildman–Crippen MR) is 109 cm³/mol. The quantitative estimate of drug-likeness (QED) is 0.534. The molecule has 0 saturated carbocycles. The Morgan fingerprint density at radius 1 is 1.11 bits per heavy atom. The fourth-order valence-electron chi connectivity index (χ4n) is 3.12. The smallest absolute Gasteiger partial charge is 0.224 e. The van der Waals surface area contributed by atoms with Crippen LogP contribution in [0.15, 0.2) is 36.5 Å². The first-order valence-corrected chi connectivity index (χ1v) is 9.20. The number of aryl methyl sites for hydroxylation is 2. The summed E-state index contributed by atoms with van der Waals surface area (Å²) in [6.07, 6.45) is 2.40. The van der Waals surface area contributed by atoms with Crippen molar-refractivity contribution in [1.82, 2.24) is 19.9 Å². The Balaban J connectivity index is 1.50. The van der Waals surface area contributed by atoms with Gasteiger partial charge in [-0.1, -0.05) is 18.2 Å². The molecule has 0 aliphatic heterocycles. The molecule has 0 fully saturated rings. The van der Waals surface area contributed by atoms with Gasteiger partial charge in [-0.15, -0.1) is 0 Å². The number of nitrogens with one attached hydrogen (secondary N) is 3. The van der Waals surface area contributed by atoms with E-state index in [1.165, 1.54) is 0 Å². The van der Waals surface area contributed by atoms with E-state index < -0.39 is 0 Å². The normalized spacial score (nSPS) is 10.8. The molecule has 7 nitrogen and oxygen atoms in total. The molecule has 27 heavy (non-hydrogen) atoms. The molecular weight excluding hydrogens is 340 g/mol. The molecule has 3 aromatic rings. The van der Waals surface area contributed by atoms with Crippen LogP contribution in [0, 0.1) is 6.92 Å². The molecule has 0 bridgehead atoms. The highest BCUT2D eigenvalue weighted by Gasteiger charge is 2.10. The number of hydrogen-bond donors (Lipinski definition) is 3. The summed E-state index contributed by atoms with van der Waals surface area (Å²) in [7, 11) is 2.00. The molecule has 142 valence electrons. The Morgan fingerprint density at radius 3 is 2.63 bits per heavy atom. The van der Waals surface area contributed by atoms with Crippen LogP contribution >= 0.6 is 0 Å². The van der Waals surface area contributed by atoms with Gasteiger partial charge in [0.2, 0.25) is 5.91 Å². The summed E-state index contributed by atoms with van der Waals surface area (Å²) in [5, 5.41) is 10.5. The second-order valence-electron chi connectivity index (χ2n) is 6.45. The van der Waals surface area contributed by atoms with Gasteiger partial charge in [0, 0.05) is 49.8 Å². The first kappa shape index (κ1) is 18.7. The van der Waals surface area contributed by atoms with E-state index in [2.05, 4.69) is 42.6 Å². The van der Waals surface area contributed by atoms with Gasteiger partial charge in [-0.25, -0.2) is 9.97 Å². The number of anilines is 2. The zero-order valence-corrected chi connectivity index (χ0v) is 16.0. The van der Waals surface area contributed by atoms with Gasteiger partial charge in [0.05, 0.1) is 6.42 Å². The average Bonchev–Trinajstić information content (AvgIpc) is 2.95. The molecule has 0 aliphatic rings. The fourth-order valence-corrected chi connectivity index (χ4v) is 3.12. The van der Waals surface area contributed by atoms with Crippen molar-refractivity contribution in [3.05, 3.63) is 47.9 Å². The molecule has 0 aliphatic carbocycles. The van der Waals surface area contributed by atoms with E-state index in [1.807, 2.05) is 45.3 Å². The topological polar surface area (TPSA) is 83.9 Å². The van der Waals surface area contributed by atoms with Gasteiger partial charge >= 0.3 is 0 Å². The highest BCUT2D eigenvalue weighted by molar-refractivity contribution is 5.89. The molecule has 0 radical (unpaired) electrons. The Kier molecular flexibility index (Phi) is 5.90. The van der Waals surface area contributed by atoms with Gasteiger partial charge in [-0.2, -0.15) is 0 Å². The van der Waals surface area contributed by atoms with Crippen molar-refractivity contribution < 1.29 is 4.79 Å². The third kappa shape index (κ3) is 4.75. The van der Waals surface area contributed by atoms with Crippen molar-refractivity contribution in [3.63, 3.8) is 0 Å².